The molecule has 1 N–H and O–H groups in total. The lowest BCUT2D eigenvalue weighted by molar-refractivity contribution is 0.00825. The molecule has 3 rings (SSSR count). The minimum Gasteiger partial charge on any atom is -0.386 e. The third kappa shape index (κ3) is 1.86. The summed E-state index contributed by atoms with van der Waals surface area (Å²) in [5, 5.41) is 10.1. The number of β-amino-alcohol motifs (C(OH)–C–C–N with tert-alkyl or cyclic N) is 1. The lowest BCUT2D eigenvalue weighted by Gasteiger charge is -2.46. The molecule has 0 unspecified atom stereocenters. The molecule has 7 heteroatoms. The Bertz CT molecular complexity index is 579. The summed E-state index contributed by atoms with van der Waals surface area (Å²) >= 11 is 3.23. The molecule has 0 saturated carbocycles. The fourth-order valence-corrected chi connectivity index (χ4v) is 3.60. The number of aromatic nitrogens is 3. The number of aliphatic hydroxyl groups is 1. The molecule has 0 bridgehead atoms. The topological polar surface area (TPSA) is 62.1 Å². The summed E-state index contributed by atoms with van der Waals surface area (Å²) in [5.74, 6) is 0.899. The van der Waals surface area contributed by atoms with Crippen LogP contribution in [0.2, 0.25) is 0 Å². The first-order valence-electron chi connectivity index (χ1n) is 5.78. The normalized spacial score (nSPS) is 18.1. The van der Waals surface area contributed by atoms with E-state index in [1.165, 1.54) is 0 Å². The Morgan fingerprint density at radius 1 is 1.50 bits per heavy atom. The molecule has 2 aromatic rings. The van der Waals surface area contributed by atoms with E-state index < -0.39 is 5.60 Å². The van der Waals surface area contributed by atoms with Gasteiger partial charge < -0.3 is 10.0 Å². The van der Waals surface area contributed by atoms with E-state index in [0.29, 0.717) is 13.1 Å². The summed E-state index contributed by atoms with van der Waals surface area (Å²) in [6.45, 7) is 3.29. The highest BCUT2D eigenvalue weighted by Gasteiger charge is 2.41. The number of thioether (sulfide) groups is 1. The van der Waals surface area contributed by atoms with Crippen LogP contribution < -0.4 is 4.90 Å². The molecule has 2 aromatic heterocycles. The molecule has 0 radical (unpaired) electrons. The van der Waals surface area contributed by atoms with Crippen LogP contribution in [0.1, 0.15) is 13.3 Å². The largest absolute Gasteiger partial charge is 0.386 e. The van der Waals surface area contributed by atoms with Crippen LogP contribution in [0.15, 0.2) is 10.7 Å². The van der Waals surface area contributed by atoms with Gasteiger partial charge in [0.25, 0.3) is 0 Å². The maximum atomic E-state index is 10.1. The number of anilines is 1. The Kier molecular flexibility index (Phi) is 2.91. The van der Waals surface area contributed by atoms with E-state index >= 15 is 0 Å². The average molecular weight is 282 g/mol. The van der Waals surface area contributed by atoms with Crippen molar-refractivity contribution in [1.82, 2.24) is 15.0 Å². The molecule has 0 amide bonds. The predicted octanol–water partition coefficient (Wildman–Crippen LogP) is 1.77. The van der Waals surface area contributed by atoms with Gasteiger partial charge in [0.2, 0.25) is 0 Å². The van der Waals surface area contributed by atoms with Crippen molar-refractivity contribution in [3.8, 4) is 0 Å². The van der Waals surface area contributed by atoms with Gasteiger partial charge in [0, 0.05) is 0 Å². The molecular formula is C11H14N4OS2. The van der Waals surface area contributed by atoms with Crippen LogP contribution in [0.3, 0.4) is 0 Å². The zero-order valence-electron chi connectivity index (χ0n) is 10.3. The fraction of sp³-hybridized carbons (Fsp3) is 0.545. The van der Waals surface area contributed by atoms with Gasteiger partial charge in [0.05, 0.1) is 18.7 Å². The summed E-state index contributed by atoms with van der Waals surface area (Å²) in [7, 11) is 0. The first-order chi connectivity index (χ1) is 8.65. The minimum absolute atomic E-state index is 0.551. The van der Waals surface area contributed by atoms with Crippen LogP contribution in [-0.2, 0) is 0 Å². The molecular weight excluding hydrogens is 268 g/mol. The van der Waals surface area contributed by atoms with E-state index in [2.05, 4.69) is 19.9 Å². The number of hydrogen-bond acceptors (Lipinski definition) is 7. The molecule has 3 heterocycles. The number of thiazole rings is 1. The summed E-state index contributed by atoms with van der Waals surface area (Å²) in [6.07, 6.45) is 4.32. The van der Waals surface area contributed by atoms with Gasteiger partial charge >= 0.3 is 0 Å². The SMILES string of the molecule is CCC1(O)CN(c2ncnc3nc(SC)sc23)C1. The van der Waals surface area contributed by atoms with Crippen LogP contribution in [0.4, 0.5) is 5.82 Å². The fourth-order valence-electron chi connectivity index (χ4n) is 2.07. The van der Waals surface area contributed by atoms with Crippen molar-refractivity contribution in [2.24, 2.45) is 0 Å². The van der Waals surface area contributed by atoms with Crippen molar-refractivity contribution in [1.29, 1.82) is 0 Å². The van der Waals surface area contributed by atoms with E-state index in [9.17, 15) is 5.11 Å². The zero-order chi connectivity index (χ0) is 12.8. The lowest BCUT2D eigenvalue weighted by atomic mass is 9.91. The third-order valence-corrected chi connectivity index (χ3v) is 5.28. The molecule has 0 aliphatic carbocycles. The summed E-state index contributed by atoms with van der Waals surface area (Å²) in [5.41, 5.74) is 0.200. The standard InChI is InChI=1S/C11H14N4OS2/c1-3-11(16)4-15(5-11)9-7-8(12-6-13-9)14-10(17-2)18-7/h6,16H,3-5H2,1-2H3. The molecule has 1 fully saturated rings. The second-order valence-electron chi connectivity index (χ2n) is 4.47. The number of fused-ring (bicyclic) bond motifs is 1. The van der Waals surface area contributed by atoms with E-state index in [-0.39, 0.29) is 0 Å². The van der Waals surface area contributed by atoms with Crippen molar-refractivity contribution in [3.05, 3.63) is 6.33 Å². The maximum absolute atomic E-state index is 10.1. The maximum Gasteiger partial charge on any atom is 0.176 e. The van der Waals surface area contributed by atoms with Gasteiger partial charge in [0.1, 0.15) is 11.0 Å². The highest BCUT2D eigenvalue weighted by Crippen LogP contribution is 2.36. The van der Waals surface area contributed by atoms with Crippen molar-refractivity contribution in [2.45, 2.75) is 23.3 Å². The molecule has 5 nitrogen and oxygen atoms in total. The van der Waals surface area contributed by atoms with Gasteiger partial charge in [-0.2, -0.15) is 0 Å². The van der Waals surface area contributed by atoms with Crippen molar-refractivity contribution in [2.75, 3.05) is 24.2 Å². The van der Waals surface area contributed by atoms with Crippen molar-refractivity contribution < 1.29 is 5.11 Å². The zero-order valence-corrected chi connectivity index (χ0v) is 11.9. The Labute approximate surface area is 113 Å². The van der Waals surface area contributed by atoms with Crippen LogP contribution in [0.25, 0.3) is 10.3 Å². The van der Waals surface area contributed by atoms with Crippen molar-refractivity contribution in [3.63, 3.8) is 0 Å². The summed E-state index contributed by atoms with van der Waals surface area (Å²) in [6, 6.07) is 0. The van der Waals surface area contributed by atoms with Gasteiger partial charge in [-0.05, 0) is 12.7 Å². The Morgan fingerprint density at radius 3 is 2.94 bits per heavy atom. The van der Waals surface area contributed by atoms with Gasteiger partial charge in [-0.25, -0.2) is 15.0 Å². The van der Waals surface area contributed by atoms with Crippen LogP contribution in [-0.4, -0.2) is 45.0 Å². The highest BCUT2D eigenvalue weighted by molar-refractivity contribution is 8.00. The second-order valence-corrected chi connectivity index (χ2v) is 6.52. The summed E-state index contributed by atoms with van der Waals surface area (Å²) < 4.78 is 2.01. The first-order valence-corrected chi connectivity index (χ1v) is 7.82. The second kappa shape index (κ2) is 4.32. The average Bonchev–Trinajstić information content (AvgIpc) is 2.77. The van der Waals surface area contributed by atoms with Gasteiger partial charge in [-0.3, -0.25) is 0 Å². The van der Waals surface area contributed by atoms with Gasteiger partial charge in [0.15, 0.2) is 15.8 Å². The molecule has 0 spiro atoms. The quantitative estimate of drug-likeness (QED) is 0.866. The highest BCUT2D eigenvalue weighted by atomic mass is 32.2. The molecule has 0 aromatic carbocycles. The lowest BCUT2D eigenvalue weighted by Crippen LogP contribution is -2.61. The molecule has 0 atom stereocenters. The predicted molar refractivity (Wildman–Crippen MR) is 74.4 cm³/mol. The van der Waals surface area contributed by atoms with Gasteiger partial charge in [-0.1, -0.05) is 18.7 Å². The van der Waals surface area contributed by atoms with E-state index in [4.69, 9.17) is 0 Å². The number of nitrogens with zero attached hydrogens (tertiary/aromatic N) is 4. The van der Waals surface area contributed by atoms with Crippen LogP contribution in [0.5, 0.6) is 0 Å². The van der Waals surface area contributed by atoms with Crippen LogP contribution >= 0.6 is 23.1 Å². The monoisotopic (exact) mass is 282 g/mol. The van der Waals surface area contributed by atoms with Crippen LogP contribution in [0, 0.1) is 0 Å². The molecule has 18 heavy (non-hydrogen) atoms. The number of rotatable bonds is 3. The van der Waals surface area contributed by atoms with Gasteiger partial charge in [-0.15, -0.1) is 11.3 Å². The van der Waals surface area contributed by atoms with Crippen molar-refractivity contribution >= 4 is 39.3 Å². The molecule has 1 saturated heterocycles. The molecule has 96 valence electrons. The smallest absolute Gasteiger partial charge is 0.176 e. The molecule has 1 aliphatic heterocycles. The molecule has 1 aliphatic rings. The number of hydrogen-bond donors (Lipinski definition) is 1. The minimum atomic E-state index is -0.551. The van der Waals surface area contributed by atoms with E-state index in [0.717, 1.165) is 26.9 Å². The third-order valence-electron chi connectivity index (χ3n) is 3.26. The Hall–Kier alpha value is -0.920. The summed E-state index contributed by atoms with van der Waals surface area (Å²) in [4.78, 5) is 15.1. The Balaban J connectivity index is 1.95. The van der Waals surface area contributed by atoms with E-state index in [1.54, 1.807) is 29.4 Å². The Morgan fingerprint density at radius 2 is 2.28 bits per heavy atom. The first kappa shape index (κ1) is 12.1. The van der Waals surface area contributed by atoms with E-state index in [1.807, 2.05) is 13.2 Å².